The second-order valence-electron chi connectivity index (χ2n) is 4.93. The maximum Gasteiger partial charge on any atom is 0.349 e. The van der Waals surface area contributed by atoms with E-state index in [0.29, 0.717) is 22.5 Å². The Morgan fingerprint density at radius 2 is 2.24 bits per heavy atom. The van der Waals surface area contributed by atoms with Crippen LogP contribution in [0.3, 0.4) is 0 Å². The first-order valence-electron chi connectivity index (χ1n) is 6.90. The number of fused-ring (bicyclic) bond motifs is 1. The van der Waals surface area contributed by atoms with Gasteiger partial charge in [0.1, 0.15) is 12.4 Å². The van der Waals surface area contributed by atoms with E-state index in [1.807, 2.05) is 30.8 Å². The maximum absolute atomic E-state index is 11.3. The number of thiophene rings is 1. The first-order valence-corrected chi connectivity index (χ1v) is 8.60. The quantitative estimate of drug-likeness (QED) is 0.901. The van der Waals surface area contributed by atoms with Crippen LogP contribution in [0.2, 0.25) is 0 Å². The molecule has 3 rings (SSSR count). The average Bonchev–Trinajstić information content (AvgIpc) is 3.08. The molecule has 0 radical (unpaired) electrons. The van der Waals surface area contributed by atoms with Gasteiger partial charge in [-0.3, -0.25) is 0 Å². The number of aromatic carboxylic acids is 1. The molecule has 0 fully saturated rings. The minimum Gasteiger partial charge on any atom is -0.491 e. The number of carbonyl (C=O) groups is 1. The van der Waals surface area contributed by atoms with Gasteiger partial charge in [0.25, 0.3) is 0 Å². The van der Waals surface area contributed by atoms with Crippen molar-refractivity contribution in [1.82, 2.24) is 0 Å². The standard InChI is InChI=1S/C16H16O3S2/c1-2-11-8-13(15(21-11)16(17)18)19-9-12-7-10-5-3-4-6-14(10)20-12/h3-6,8,12H,2,7,9H2,1H3,(H,17,18). The van der Waals surface area contributed by atoms with Gasteiger partial charge in [-0.25, -0.2) is 4.79 Å². The van der Waals surface area contributed by atoms with Crippen LogP contribution >= 0.6 is 23.1 Å². The average molecular weight is 320 g/mol. The first-order chi connectivity index (χ1) is 10.2. The number of thioether (sulfide) groups is 1. The van der Waals surface area contributed by atoms with Gasteiger partial charge >= 0.3 is 5.97 Å². The van der Waals surface area contributed by atoms with Crippen molar-refractivity contribution in [1.29, 1.82) is 0 Å². The first kappa shape index (κ1) is 14.5. The molecule has 1 unspecified atom stereocenters. The van der Waals surface area contributed by atoms with E-state index < -0.39 is 5.97 Å². The molecular weight excluding hydrogens is 304 g/mol. The lowest BCUT2D eigenvalue weighted by Gasteiger charge is -2.10. The number of hydrogen-bond donors (Lipinski definition) is 1. The summed E-state index contributed by atoms with van der Waals surface area (Å²) >= 11 is 3.12. The molecule has 0 amide bonds. The van der Waals surface area contributed by atoms with E-state index >= 15 is 0 Å². The Kier molecular flexibility index (Phi) is 4.22. The lowest BCUT2D eigenvalue weighted by atomic mass is 10.1. The Labute approximate surface area is 132 Å². The monoisotopic (exact) mass is 320 g/mol. The van der Waals surface area contributed by atoms with Crippen molar-refractivity contribution in [2.45, 2.75) is 29.9 Å². The summed E-state index contributed by atoms with van der Waals surface area (Å²) in [5.41, 5.74) is 1.36. The SMILES string of the molecule is CCc1cc(OCC2Cc3ccccc3S2)c(C(=O)O)s1. The molecule has 5 heteroatoms. The van der Waals surface area contributed by atoms with Crippen molar-refractivity contribution >= 4 is 29.1 Å². The summed E-state index contributed by atoms with van der Waals surface area (Å²) in [5, 5.41) is 9.59. The van der Waals surface area contributed by atoms with Crippen LogP contribution in [0.25, 0.3) is 0 Å². The second-order valence-corrected chi connectivity index (χ2v) is 7.41. The lowest BCUT2D eigenvalue weighted by Crippen LogP contribution is -2.14. The third-order valence-corrected chi connectivity index (χ3v) is 5.97. The predicted molar refractivity (Wildman–Crippen MR) is 85.9 cm³/mol. The van der Waals surface area contributed by atoms with Crippen molar-refractivity contribution in [3.63, 3.8) is 0 Å². The number of rotatable bonds is 5. The van der Waals surface area contributed by atoms with Gasteiger partial charge in [0.2, 0.25) is 0 Å². The molecule has 1 atom stereocenters. The normalized spacial score (nSPS) is 16.7. The molecule has 1 aliphatic rings. The summed E-state index contributed by atoms with van der Waals surface area (Å²) in [6.45, 7) is 2.56. The van der Waals surface area contributed by atoms with Crippen LogP contribution < -0.4 is 4.74 Å². The molecule has 1 aliphatic heterocycles. The molecule has 0 aliphatic carbocycles. The predicted octanol–water partition coefficient (Wildman–Crippen LogP) is 4.10. The summed E-state index contributed by atoms with van der Waals surface area (Å²) in [5.74, 6) is -0.391. The highest BCUT2D eigenvalue weighted by Crippen LogP contribution is 2.37. The van der Waals surface area contributed by atoms with E-state index in [1.54, 1.807) is 0 Å². The topological polar surface area (TPSA) is 46.5 Å². The van der Waals surface area contributed by atoms with Gasteiger partial charge in [-0.05, 0) is 30.5 Å². The van der Waals surface area contributed by atoms with Gasteiger partial charge in [0.15, 0.2) is 4.88 Å². The molecule has 1 aromatic heterocycles. The molecule has 3 nitrogen and oxygen atoms in total. The highest BCUT2D eigenvalue weighted by Gasteiger charge is 2.24. The van der Waals surface area contributed by atoms with Gasteiger partial charge in [-0.1, -0.05) is 25.1 Å². The number of carboxylic acids is 1. The van der Waals surface area contributed by atoms with Crippen LogP contribution in [0.15, 0.2) is 35.2 Å². The van der Waals surface area contributed by atoms with Crippen LogP contribution in [-0.2, 0) is 12.8 Å². The second kappa shape index (κ2) is 6.12. The Hall–Kier alpha value is -1.46. The van der Waals surface area contributed by atoms with Crippen molar-refractivity contribution in [3.8, 4) is 5.75 Å². The Morgan fingerprint density at radius 1 is 1.43 bits per heavy atom. The summed E-state index contributed by atoms with van der Waals surface area (Å²) in [7, 11) is 0. The Bertz CT molecular complexity index is 638. The zero-order valence-electron chi connectivity index (χ0n) is 11.7. The molecule has 0 bridgehead atoms. The fraction of sp³-hybridized carbons (Fsp3) is 0.312. The van der Waals surface area contributed by atoms with Crippen LogP contribution in [0.1, 0.15) is 27.0 Å². The largest absolute Gasteiger partial charge is 0.491 e. The number of aryl methyl sites for hydroxylation is 1. The third-order valence-electron chi connectivity index (χ3n) is 3.43. The molecule has 1 aromatic carbocycles. The van der Waals surface area contributed by atoms with Crippen LogP contribution in [0.5, 0.6) is 5.75 Å². The molecule has 1 N–H and O–H groups in total. The van der Waals surface area contributed by atoms with Gasteiger partial charge in [0.05, 0.1) is 0 Å². The summed E-state index contributed by atoms with van der Waals surface area (Å²) in [4.78, 5) is 13.9. The van der Waals surface area contributed by atoms with Crippen LogP contribution in [0, 0.1) is 0 Å². The molecule has 21 heavy (non-hydrogen) atoms. The molecule has 0 saturated carbocycles. The van der Waals surface area contributed by atoms with E-state index in [2.05, 4.69) is 18.2 Å². The van der Waals surface area contributed by atoms with Gasteiger partial charge < -0.3 is 9.84 Å². The highest BCUT2D eigenvalue weighted by atomic mass is 32.2. The summed E-state index contributed by atoms with van der Waals surface area (Å²) in [6, 6.07) is 10.2. The zero-order chi connectivity index (χ0) is 14.8. The van der Waals surface area contributed by atoms with Crippen molar-refractivity contribution in [2.75, 3.05) is 6.61 Å². The smallest absolute Gasteiger partial charge is 0.349 e. The molecular formula is C16H16O3S2. The van der Waals surface area contributed by atoms with Crippen LogP contribution in [-0.4, -0.2) is 22.9 Å². The number of carboxylic acid groups (broad SMARTS) is 1. The molecule has 0 spiro atoms. The minimum absolute atomic E-state index is 0.312. The summed E-state index contributed by atoms with van der Waals surface area (Å²) in [6.07, 6.45) is 1.81. The van der Waals surface area contributed by atoms with Crippen molar-refractivity contribution in [2.24, 2.45) is 0 Å². The molecule has 0 saturated heterocycles. The van der Waals surface area contributed by atoms with Gasteiger partial charge in [-0.2, -0.15) is 0 Å². The summed E-state index contributed by atoms with van der Waals surface area (Å²) < 4.78 is 5.80. The van der Waals surface area contributed by atoms with Crippen molar-refractivity contribution in [3.05, 3.63) is 45.6 Å². The van der Waals surface area contributed by atoms with E-state index in [9.17, 15) is 9.90 Å². The Balaban J connectivity index is 1.67. The zero-order valence-corrected chi connectivity index (χ0v) is 13.3. The van der Waals surface area contributed by atoms with E-state index in [0.717, 1.165) is 17.7 Å². The van der Waals surface area contributed by atoms with Crippen LogP contribution in [0.4, 0.5) is 0 Å². The minimum atomic E-state index is -0.905. The van der Waals surface area contributed by atoms with Gasteiger partial charge in [-0.15, -0.1) is 23.1 Å². The number of benzene rings is 1. The fourth-order valence-electron chi connectivity index (χ4n) is 2.38. The van der Waals surface area contributed by atoms with Crippen molar-refractivity contribution < 1.29 is 14.6 Å². The number of ether oxygens (including phenoxy) is 1. The highest BCUT2D eigenvalue weighted by molar-refractivity contribution is 8.00. The Morgan fingerprint density at radius 3 is 2.95 bits per heavy atom. The fourth-order valence-corrected chi connectivity index (χ4v) is 4.48. The molecule has 110 valence electrons. The number of hydrogen-bond acceptors (Lipinski definition) is 4. The molecule has 2 aromatic rings. The van der Waals surface area contributed by atoms with E-state index in [1.165, 1.54) is 21.8 Å². The maximum atomic E-state index is 11.3. The van der Waals surface area contributed by atoms with Gasteiger partial charge in [0, 0.05) is 15.0 Å². The molecule has 2 heterocycles. The lowest BCUT2D eigenvalue weighted by molar-refractivity contribution is 0.0698. The van der Waals surface area contributed by atoms with E-state index in [4.69, 9.17) is 4.74 Å². The third kappa shape index (κ3) is 3.09. The van der Waals surface area contributed by atoms with E-state index in [-0.39, 0.29) is 0 Å².